The first-order valence-electron chi connectivity index (χ1n) is 8.98. The molecule has 138 valence electrons. The van der Waals surface area contributed by atoms with Crippen molar-refractivity contribution < 1.29 is 9.53 Å². The van der Waals surface area contributed by atoms with E-state index >= 15 is 0 Å². The standard InChI is InChI=1S/C23H19N3O2/c27-17-28-21(22-24-16-25-26-22)23(18-10-4-1-5-11-18,19-12-6-2-7-13-19)20-14-8-3-9-15-20/h1-17,21H,(H,24,25,26). The van der Waals surface area contributed by atoms with Gasteiger partial charge in [-0.05, 0) is 16.7 Å². The minimum absolute atomic E-state index is 0.469. The molecule has 0 amide bonds. The van der Waals surface area contributed by atoms with Crippen LogP contribution in [0.15, 0.2) is 97.3 Å². The van der Waals surface area contributed by atoms with Crippen LogP contribution in [0.2, 0.25) is 0 Å². The van der Waals surface area contributed by atoms with Crippen LogP contribution in [0.5, 0.6) is 0 Å². The first-order valence-corrected chi connectivity index (χ1v) is 8.98. The predicted octanol–water partition coefficient (Wildman–Crippen LogP) is 4.05. The lowest BCUT2D eigenvalue weighted by atomic mass is 9.65. The molecule has 0 bridgehead atoms. The van der Waals surface area contributed by atoms with Crippen molar-refractivity contribution in [2.45, 2.75) is 11.5 Å². The van der Waals surface area contributed by atoms with Crippen LogP contribution in [0.4, 0.5) is 0 Å². The molecule has 1 atom stereocenters. The average Bonchev–Trinajstić information content (AvgIpc) is 3.30. The minimum Gasteiger partial charge on any atom is -0.455 e. The Morgan fingerprint density at radius 2 is 1.25 bits per heavy atom. The van der Waals surface area contributed by atoms with Gasteiger partial charge in [0.05, 0.1) is 5.41 Å². The molecule has 1 aromatic heterocycles. The summed E-state index contributed by atoms with van der Waals surface area (Å²) >= 11 is 0. The summed E-state index contributed by atoms with van der Waals surface area (Å²) in [4.78, 5) is 15.9. The topological polar surface area (TPSA) is 67.9 Å². The van der Waals surface area contributed by atoms with E-state index in [-0.39, 0.29) is 0 Å². The van der Waals surface area contributed by atoms with Gasteiger partial charge in [-0.2, -0.15) is 5.10 Å². The summed E-state index contributed by atoms with van der Waals surface area (Å²) in [5.41, 5.74) is 2.13. The summed E-state index contributed by atoms with van der Waals surface area (Å²) in [7, 11) is 0. The molecule has 5 heteroatoms. The molecular formula is C23H19N3O2. The number of H-pyrrole nitrogens is 1. The zero-order chi connectivity index (χ0) is 19.2. The van der Waals surface area contributed by atoms with E-state index in [1.165, 1.54) is 6.33 Å². The zero-order valence-corrected chi connectivity index (χ0v) is 15.1. The maximum absolute atomic E-state index is 11.6. The number of benzene rings is 3. The number of nitrogens with one attached hydrogen (secondary N) is 1. The molecule has 1 N–H and O–H groups in total. The van der Waals surface area contributed by atoms with Crippen molar-refractivity contribution in [2.75, 3.05) is 0 Å². The Hall–Kier alpha value is -3.73. The van der Waals surface area contributed by atoms with Gasteiger partial charge < -0.3 is 4.74 Å². The van der Waals surface area contributed by atoms with Gasteiger partial charge in [0.1, 0.15) is 6.33 Å². The van der Waals surface area contributed by atoms with Crippen LogP contribution in [-0.4, -0.2) is 21.7 Å². The molecule has 1 unspecified atom stereocenters. The molecule has 0 aliphatic carbocycles. The van der Waals surface area contributed by atoms with E-state index in [1.807, 2.05) is 91.0 Å². The van der Waals surface area contributed by atoms with E-state index in [9.17, 15) is 4.79 Å². The van der Waals surface area contributed by atoms with Crippen molar-refractivity contribution >= 4 is 6.47 Å². The summed E-state index contributed by atoms with van der Waals surface area (Å²) in [6, 6.07) is 30.0. The largest absolute Gasteiger partial charge is 0.455 e. The average molecular weight is 369 g/mol. The van der Waals surface area contributed by atoms with Gasteiger partial charge in [0.25, 0.3) is 6.47 Å². The van der Waals surface area contributed by atoms with Gasteiger partial charge >= 0.3 is 0 Å². The molecule has 0 saturated heterocycles. The number of aromatic amines is 1. The number of hydrogen-bond acceptors (Lipinski definition) is 4. The Morgan fingerprint density at radius 3 is 1.61 bits per heavy atom. The van der Waals surface area contributed by atoms with Gasteiger partial charge in [-0.1, -0.05) is 91.0 Å². The Kier molecular flexibility index (Phi) is 4.97. The van der Waals surface area contributed by atoms with E-state index in [0.29, 0.717) is 12.3 Å². The lowest BCUT2D eigenvalue weighted by Crippen LogP contribution is -2.38. The Balaban J connectivity index is 2.10. The van der Waals surface area contributed by atoms with Crippen molar-refractivity contribution in [3.05, 3.63) is 120 Å². The second-order valence-electron chi connectivity index (χ2n) is 6.39. The number of carbonyl (C=O) groups is 1. The van der Waals surface area contributed by atoms with Crippen LogP contribution in [0.1, 0.15) is 28.6 Å². The minimum atomic E-state index is -0.815. The highest BCUT2D eigenvalue weighted by atomic mass is 16.5. The molecule has 3 aromatic carbocycles. The summed E-state index contributed by atoms with van der Waals surface area (Å²) in [6.45, 7) is 0.469. The second kappa shape index (κ2) is 7.88. The van der Waals surface area contributed by atoms with Crippen LogP contribution in [-0.2, 0) is 14.9 Å². The van der Waals surface area contributed by atoms with Crippen molar-refractivity contribution in [1.82, 2.24) is 15.2 Å². The molecular weight excluding hydrogens is 350 g/mol. The van der Waals surface area contributed by atoms with Crippen molar-refractivity contribution in [3.63, 3.8) is 0 Å². The fourth-order valence-corrected chi connectivity index (χ4v) is 3.83. The van der Waals surface area contributed by atoms with Gasteiger partial charge in [0.2, 0.25) is 0 Å². The SMILES string of the molecule is O=COC(c1ncn[nH]1)C(c1ccccc1)(c1ccccc1)c1ccccc1. The third-order valence-electron chi connectivity index (χ3n) is 4.95. The maximum atomic E-state index is 11.6. The quantitative estimate of drug-likeness (QED) is 0.394. The number of ether oxygens (including phenoxy) is 1. The monoisotopic (exact) mass is 369 g/mol. The number of nitrogens with zero attached hydrogens (tertiary/aromatic N) is 2. The summed E-state index contributed by atoms with van der Waals surface area (Å²) in [6.07, 6.45) is 0.682. The molecule has 0 saturated carbocycles. The van der Waals surface area contributed by atoms with Crippen molar-refractivity contribution in [3.8, 4) is 0 Å². The first kappa shape index (κ1) is 17.7. The molecule has 5 nitrogen and oxygen atoms in total. The summed E-state index contributed by atoms with van der Waals surface area (Å²) in [5.74, 6) is 0.476. The van der Waals surface area contributed by atoms with Crippen LogP contribution in [0, 0.1) is 0 Å². The molecule has 0 radical (unpaired) electrons. The van der Waals surface area contributed by atoms with E-state index in [0.717, 1.165) is 16.7 Å². The fourth-order valence-electron chi connectivity index (χ4n) is 3.83. The van der Waals surface area contributed by atoms with E-state index in [4.69, 9.17) is 4.74 Å². The van der Waals surface area contributed by atoms with Crippen LogP contribution >= 0.6 is 0 Å². The second-order valence-corrected chi connectivity index (χ2v) is 6.39. The molecule has 28 heavy (non-hydrogen) atoms. The van der Waals surface area contributed by atoms with E-state index < -0.39 is 11.5 Å². The third kappa shape index (κ3) is 2.97. The molecule has 0 aliphatic heterocycles. The molecule has 4 aromatic rings. The Labute approximate surface area is 163 Å². The van der Waals surface area contributed by atoms with E-state index in [1.54, 1.807) is 0 Å². The van der Waals surface area contributed by atoms with Crippen molar-refractivity contribution in [2.24, 2.45) is 0 Å². The van der Waals surface area contributed by atoms with Crippen LogP contribution in [0.25, 0.3) is 0 Å². The highest BCUT2D eigenvalue weighted by molar-refractivity contribution is 5.54. The summed E-state index contributed by atoms with van der Waals surface area (Å²) < 4.78 is 5.70. The number of rotatable bonds is 7. The van der Waals surface area contributed by atoms with Crippen LogP contribution in [0.3, 0.4) is 0 Å². The zero-order valence-electron chi connectivity index (χ0n) is 15.1. The number of carbonyl (C=O) groups excluding carboxylic acids is 1. The smallest absolute Gasteiger partial charge is 0.293 e. The maximum Gasteiger partial charge on any atom is 0.293 e. The lowest BCUT2D eigenvalue weighted by Gasteiger charge is -2.40. The number of hydrogen-bond donors (Lipinski definition) is 1. The molecule has 0 spiro atoms. The lowest BCUT2D eigenvalue weighted by molar-refractivity contribution is -0.136. The van der Waals surface area contributed by atoms with Gasteiger partial charge in [-0.25, -0.2) is 4.98 Å². The molecule has 0 fully saturated rings. The van der Waals surface area contributed by atoms with Crippen LogP contribution < -0.4 is 0 Å². The highest BCUT2D eigenvalue weighted by Crippen LogP contribution is 2.49. The summed E-state index contributed by atoms with van der Waals surface area (Å²) in [5, 5.41) is 6.88. The van der Waals surface area contributed by atoms with Crippen molar-refractivity contribution in [1.29, 1.82) is 0 Å². The van der Waals surface area contributed by atoms with E-state index in [2.05, 4.69) is 15.2 Å². The Morgan fingerprint density at radius 1 is 0.786 bits per heavy atom. The first-order chi connectivity index (χ1) is 13.9. The third-order valence-corrected chi connectivity index (χ3v) is 4.95. The van der Waals surface area contributed by atoms with Gasteiger partial charge in [-0.15, -0.1) is 0 Å². The normalized spacial score (nSPS) is 12.3. The van der Waals surface area contributed by atoms with Gasteiger partial charge in [0.15, 0.2) is 11.9 Å². The number of aromatic nitrogens is 3. The molecule has 1 heterocycles. The predicted molar refractivity (Wildman–Crippen MR) is 105 cm³/mol. The fraction of sp³-hybridized carbons (Fsp3) is 0.0870. The molecule has 0 aliphatic rings. The highest BCUT2D eigenvalue weighted by Gasteiger charge is 2.47. The molecule has 4 rings (SSSR count). The Bertz CT molecular complexity index is 907. The van der Waals surface area contributed by atoms with Gasteiger partial charge in [0, 0.05) is 0 Å². The van der Waals surface area contributed by atoms with Gasteiger partial charge in [-0.3, -0.25) is 9.89 Å².